The summed E-state index contributed by atoms with van der Waals surface area (Å²) < 4.78 is 34.9. The van der Waals surface area contributed by atoms with Crippen molar-refractivity contribution in [3.8, 4) is 0 Å². The number of hydrogen-bond donors (Lipinski definition) is 2. The van der Waals surface area contributed by atoms with Crippen molar-refractivity contribution < 1.29 is 32.3 Å². The molecule has 9 heteroatoms. The molecule has 0 saturated heterocycles. The van der Waals surface area contributed by atoms with Crippen molar-refractivity contribution in [1.82, 2.24) is 0 Å². The normalized spacial score (nSPS) is 18.2. The molecule has 7 nitrogen and oxygen atoms in total. The van der Waals surface area contributed by atoms with Crippen molar-refractivity contribution in [3.63, 3.8) is 0 Å². The van der Waals surface area contributed by atoms with Crippen LogP contribution in [0, 0.1) is 0 Å². The fourth-order valence-corrected chi connectivity index (χ4v) is 2.91. The van der Waals surface area contributed by atoms with Crippen LogP contribution < -0.4 is 0 Å². The highest BCUT2D eigenvalue weighted by Crippen LogP contribution is 2.59. The summed E-state index contributed by atoms with van der Waals surface area (Å²) in [4.78, 5) is 18.1. The highest BCUT2D eigenvalue weighted by Gasteiger charge is 2.33. The van der Waals surface area contributed by atoms with Gasteiger partial charge in [0.15, 0.2) is 0 Å². The summed E-state index contributed by atoms with van der Waals surface area (Å²) in [5.74, 6) is 0. The van der Waals surface area contributed by atoms with Gasteiger partial charge >= 0.3 is 15.6 Å². The smallest absolute Gasteiger partial charge is 0.302 e. The lowest BCUT2D eigenvalue weighted by Gasteiger charge is -2.13. The van der Waals surface area contributed by atoms with E-state index in [2.05, 4.69) is 19.4 Å². The van der Waals surface area contributed by atoms with Gasteiger partial charge in [-0.05, 0) is 33.6 Å². The Hall–Kier alpha value is -0.260. The topological polar surface area (TPSA) is 102 Å². The van der Waals surface area contributed by atoms with E-state index >= 15 is 0 Å². The summed E-state index contributed by atoms with van der Waals surface area (Å²) in [5.41, 5.74) is 2.20. The maximum atomic E-state index is 11.3. The molecule has 0 heterocycles. The molecule has 0 aromatic heterocycles. The first-order chi connectivity index (χ1) is 9.08. The molecule has 2 atom stereocenters. The third-order valence-electron chi connectivity index (χ3n) is 2.20. The second-order valence-electron chi connectivity index (χ2n) is 4.37. The molecule has 0 aromatic carbocycles. The molecule has 0 bridgehead atoms. The Labute approximate surface area is 119 Å². The van der Waals surface area contributed by atoms with Gasteiger partial charge in [0.05, 0.1) is 6.61 Å². The van der Waals surface area contributed by atoms with Crippen LogP contribution in [0.5, 0.6) is 0 Å². The highest BCUT2D eigenvalue weighted by molar-refractivity contribution is 7.61. The maximum absolute atomic E-state index is 11.3. The molecule has 0 rings (SSSR count). The lowest BCUT2D eigenvalue weighted by molar-refractivity contribution is 0.178. The van der Waals surface area contributed by atoms with E-state index < -0.39 is 15.6 Å². The average Bonchev–Trinajstić information content (AvgIpc) is 2.26. The second kappa shape index (κ2) is 8.90. The molecule has 0 aliphatic carbocycles. The van der Waals surface area contributed by atoms with E-state index in [1.54, 1.807) is 6.08 Å². The first kappa shape index (κ1) is 19.7. The molecule has 0 saturated carbocycles. The van der Waals surface area contributed by atoms with Crippen LogP contribution in [0.3, 0.4) is 0 Å². The molecule has 0 amide bonds. The quantitative estimate of drug-likeness (QED) is 0.493. The summed E-state index contributed by atoms with van der Waals surface area (Å²) in [6.45, 7) is 5.67. The van der Waals surface area contributed by atoms with Crippen LogP contribution in [0.25, 0.3) is 0 Å². The van der Waals surface area contributed by atoms with E-state index in [0.717, 1.165) is 25.5 Å². The number of hydrogen-bond acceptors (Lipinski definition) is 5. The van der Waals surface area contributed by atoms with Crippen LogP contribution in [-0.2, 0) is 22.5 Å². The van der Waals surface area contributed by atoms with Gasteiger partial charge < -0.3 is 9.79 Å². The van der Waals surface area contributed by atoms with E-state index in [9.17, 15) is 14.0 Å². The van der Waals surface area contributed by atoms with Gasteiger partial charge in [-0.15, -0.1) is 0 Å². The van der Waals surface area contributed by atoms with Gasteiger partial charge in [0.2, 0.25) is 0 Å². The summed E-state index contributed by atoms with van der Waals surface area (Å²) in [6.07, 6.45) is 5.36. The van der Waals surface area contributed by atoms with Crippen molar-refractivity contribution in [3.05, 3.63) is 23.3 Å². The third kappa shape index (κ3) is 10.5. The Morgan fingerprint density at radius 1 is 1.10 bits per heavy atom. The Morgan fingerprint density at radius 3 is 2.20 bits per heavy atom. The molecule has 0 aliphatic rings. The lowest BCUT2D eigenvalue weighted by atomic mass is 10.1. The van der Waals surface area contributed by atoms with Gasteiger partial charge in [-0.1, -0.05) is 23.3 Å². The predicted octanol–water partition coefficient (Wildman–Crippen LogP) is 3.56. The van der Waals surface area contributed by atoms with Crippen LogP contribution in [-0.4, -0.2) is 23.5 Å². The number of allylic oxidation sites excluding steroid dienone is 3. The van der Waals surface area contributed by atoms with Crippen LogP contribution in [0.15, 0.2) is 23.3 Å². The Bertz CT molecular complexity index is 452. The van der Waals surface area contributed by atoms with Crippen molar-refractivity contribution in [1.29, 1.82) is 0 Å². The molecule has 2 unspecified atom stereocenters. The van der Waals surface area contributed by atoms with Gasteiger partial charge in [0.1, 0.15) is 0 Å². The van der Waals surface area contributed by atoms with Crippen LogP contribution in [0.1, 0.15) is 33.6 Å². The fourth-order valence-electron chi connectivity index (χ4n) is 1.15. The molecule has 0 aliphatic heterocycles. The number of phosphoric ester groups is 2. The van der Waals surface area contributed by atoms with E-state index in [4.69, 9.17) is 4.89 Å². The molecule has 20 heavy (non-hydrogen) atoms. The Kier molecular flexibility index (Phi) is 8.79. The van der Waals surface area contributed by atoms with Gasteiger partial charge in [-0.2, -0.15) is 4.31 Å². The molecule has 2 N–H and O–H groups in total. The summed E-state index contributed by atoms with van der Waals surface area (Å²) >= 11 is 0. The number of rotatable bonds is 9. The van der Waals surface area contributed by atoms with Crippen LogP contribution in [0.2, 0.25) is 0 Å². The first-order valence-corrected chi connectivity index (χ1v) is 8.93. The molecule has 0 spiro atoms. The summed E-state index contributed by atoms with van der Waals surface area (Å²) in [7, 11) is -8.29. The van der Waals surface area contributed by atoms with Crippen LogP contribution in [0.4, 0.5) is 0 Å². The molecular formula is C11H22O7P2. The molecule has 0 fully saturated rings. The molecule has 118 valence electrons. The zero-order chi connectivity index (χ0) is 15.8. The van der Waals surface area contributed by atoms with E-state index in [0.29, 0.717) is 0 Å². The van der Waals surface area contributed by atoms with Gasteiger partial charge in [0, 0.05) is 7.11 Å². The van der Waals surface area contributed by atoms with Gasteiger partial charge in [-0.25, -0.2) is 9.13 Å². The van der Waals surface area contributed by atoms with Gasteiger partial charge in [-0.3, -0.25) is 9.05 Å². The van der Waals surface area contributed by atoms with E-state index in [-0.39, 0.29) is 6.61 Å². The standard InChI is InChI=1S/C11H22O7P2/c1-10(2)6-5-7-11(3)8-9-17-20(14,15)18-19(12,13)16-4/h6,8H,5,7,9H2,1-4H3,(H,12,13)(H,14,15)/b11-8+. The molecular weight excluding hydrogens is 306 g/mol. The minimum absolute atomic E-state index is 0.196. The highest BCUT2D eigenvalue weighted by atomic mass is 31.3. The zero-order valence-corrected chi connectivity index (χ0v) is 13.9. The van der Waals surface area contributed by atoms with Crippen molar-refractivity contribution in [2.24, 2.45) is 0 Å². The largest absolute Gasteiger partial charge is 0.481 e. The van der Waals surface area contributed by atoms with Gasteiger partial charge in [0.25, 0.3) is 0 Å². The second-order valence-corrected chi connectivity index (χ2v) is 7.52. The predicted molar refractivity (Wildman–Crippen MR) is 76.1 cm³/mol. The first-order valence-electron chi connectivity index (χ1n) is 5.94. The van der Waals surface area contributed by atoms with E-state index in [1.807, 2.05) is 20.8 Å². The minimum atomic E-state index is -4.62. The van der Waals surface area contributed by atoms with Crippen LogP contribution >= 0.6 is 15.6 Å². The van der Waals surface area contributed by atoms with Crippen molar-refractivity contribution in [2.45, 2.75) is 33.6 Å². The Morgan fingerprint density at radius 2 is 1.70 bits per heavy atom. The van der Waals surface area contributed by atoms with Crippen molar-refractivity contribution in [2.75, 3.05) is 13.7 Å². The monoisotopic (exact) mass is 328 g/mol. The van der Waals surface area contributed by atoms with E-state index in [1.165, 1.54) is 5.57 Å². The summed E-state index contributed by atoms with van der Waals surface area (Å²) in [6, 6.07) is 0. The minimum Gasteiger partial charge on any atom is -0.302 e. The lowest BCUT2D eigenvalue weighted by Crippen LogP contribution is -1.96. The SMILES string of the molecule is COP(=O)(O)OP(=O)(O)OC/C=C(\C)CCC=C(C)C. The maximum Gasteiger partial charge on any atom is 0.481 e. The summed E-state index contributed by atoms with van der Waals surface area (Å²) in [5, 5.41) is 0. The fraction of sp³-hybridized carbons (Fsp3) is 0.636. The third-order valence-corrected chi connectivity index (χ3v) is 4.79. The molecule has 0 radical (unpaired) electrons. The number of phosphoric acid groups is 2. The molecule has 0 aromatic rings. The average molecular weight is 328 g/mol. The Balaban J connectivity index is 4.24. The van der Waals surface area contributed by atoms with Crippen molar-refractivity contribution >= 4 is 15.6 Å². The zero-order valence-electron chi connectivity index (χ0n) is 12.1.